The van der Waals surface area contributed by atoms with Crippen LogP contribution in [-0.2, 0) is 9.53 Å². The lowest BCUT2D eigenvalue weighted by molar-refractivity contribution is -0.119. The number of aliphatic hydroxyl groups excluding tert-OH is 1. The zero-order chi connectivity index (χ0) is 12.7. The SMILES string of the molecule is COCCC(=O)N(CCO)c1ccccc1N. The molecule has 0 fully saturated rings. The molecule has 1 aromatic carbocycles. The van der Waals surface area contributed by atoms with E-state index in [4.69, 9.17) is 15.6 Å². The van der Waals surface area contributed by atoms with E-state index < -0.39 is 0 Å². The van der Waals surface area contributed by atoms with E-state index >= 15 is 0 Å². The molecule has 0 saturated carbocycles. The average molecular weight is 238 g/mol. The Balaban J connectivity index is 2.85. The van der Waals surface area contributed by atoms with Crippen LogP contribution in [0.15, 0.2) is 24.3 Å². The van der Waals surface area contributed by atoms with Gasteiger partial charge in [0.05, 0.1) is 31.0 Å². The molecular formula is C12H18N2O3. The van der Waals surface area contributed by atoms with Gasteiger partial charge in [0.1, 0.15) is 0 Å². The van der Waals surface area contributed by atoms with Gasteiger partial charge < -0.3 is 20.5 Å². The number of carbonyl (C=O) groups is 1. The minimum atomic E-state index is -0.112. The Morgan fingerprint density at radius 1 is 1.47 bits per heavy atom. The Bertz CT molecular complexity index is 369. The first-order valence-corrected chi connectivity index (χ1v) is 5.45. The van der Waals surface area contributed by atoms with E-state index in [1.54, 1.807) is 31.4 Å². The number of carbonyl (C=O) groups excluding carboxylic acids is 1. The minimum Gasteiger partial charge on any atom is -0.397 e. The maximum Gasteiger partial charge on any atom is 0.229 e. The van der Waals surface area contributed by atoms with Crippen molar-refractivity contribution in [1.82, 2.24) is 0 Å². The first-order chi connectivity index (χ1) is 8.20. The molecule has 0 spiro atoms. The third-order valence-corrected chi connectivity index (χ3v) is 2.37. The summed E-state index contributed by atoms with van der Waals surface area (Å²) >= 11 is 0. The highest BCUT2D eigenvalue weighted by Crippen LogP contribution is 2.22. The summed E-state index contributed by atoms with van der Waals surface area (Å²) in [5.41, 5.74) is 6.96. The van der Waals surface area contributed by atoms with Crippen molar-refractivity contribution in [3.8, 4) is 0 Å². The normalized spacial score (nSPS) is 10.2. The number of ether oxygens (including phenoxy) is 1. The number of benzene rings is 1. The van der Waals surface area contributed by atoms with Crippen LogP contribution in [0.1, 0.15) is 6.42 Å². The number of nitrogens with two attached hydrogens (primary N) is 1. The predicted molar refractivity (Wildman–Crippen MR) is 66.8 cm³/mol. The summed E-state index contributed by atoms with van der Waals surface area (Å²) in [6.45, 7) is 0.483. The minimum absolute atomic E-state index is 0.104. The fourth-order valence-corrected chi connectivity index (χ4v) is 1.54. The van der Waals surface area contributed by atoms with Crippen LogP contribution in [0.5, 0.6) is 0 Å². The molecule has 0 unspecified atom stereocenters. The summed E-state index contributed by atoms with van der Waals surface area (Å²) in [5.74, 6) is -0.112. The Morgan fingerprint density at radius 2 is 2.18 bits per heavy atom. The molecule has 0 aromatic heterocycles. The van der Waals surface area contributed by atoms with Crippen molar-refractivity contribution in [3.63, 3.8) is 0 Å². The van der Waals surface area contributed by atoms with Crippen molar-refractivity contribution in [1.29, 1.82) is 0 Å². The van der Waals surface area contributed by atoms with Crippen LogP contribution in [0.4, 0.5) is 11.4 Å². The first-order valence-electron chi connectivity index (χ1n) is 5.45. The number of nitrogens with zero attached hydrogens (tertiary/aromatic N) is 1. The van der Waals surface area contributed by atoms with Crippen molar-refractivity contribution in [2.45, 2.75) is 6.42 Å². The maximum atomic E-state index is 11.9. The van der Waals surface area contributed by atoms with Crippen LogP contribution in [0.25, 0.3) is 0 Å². The quantitative estimate of drug-likeness (QED) is 0.713. The standard InChI is InChI=1S/C12H18N2O3/c1-17-9-6-12(16)14(7-8-15)11-5-3-2-4-10(11)13/h2-5,15H,6-9,13H2,1H3. The van der Waals surface area contributed by atoms with Gasteiger partial charge in [0.2, 0.25) is 5.91 Å². The molecule has 1 amide bonds. The van der Waals surface area contributed by atoms with Gasteiger partial charge >= 0.3 is 0 Å². The molecule has 3 N–H and O–H groups in total. The van der Waals surface area contributed by atoms with Gasteiger partial charge in [-0.1, -0.05) is 12.1 Å². The average Bonchev–Trinajstić information content (AvgIpc) is 2.34. The van der Waals surface area contributed by atoms with Crippen LogP contribution in [0, 0.1) is 0 Å². The molecule has 0 aliphatic carbocycles. The number of amides is 1. The fourth-order valence-electron chi connectivity index (χ4n) is 1.54. The molecule has 0 bridgehead atoms. The molecule has 0 aliphatic heterocycles. The highest BCUT2D eigenvalue weighted by Gasteiger charge is 2.16. The second kappa shape index (κ2) is 6.88. The lowest BCUT2D eigenvalue weighted by atomic mass is 10.2. The molecule has 1 rings (SSSR count). The molecule has 5 nitrogen and oxygen atoms in total. The summed E-state index contributed by atoms with van der Waals surface area (Å²) in [6, 6.07) is 7.09. The first kappa shape index (κ1) is 13.5. The highest BCUT2D eigenvalue weighted by atomic mass is 16.5. The molecule has 0 radical (unpaired) electrons. The zero-order valence-corrected chi connectivity index (χ0v) is 9.93. The molecule has 0 saturated heterocycles. The summed E-state index contributed by atoms with van der Waals surface area (Å²) in [7, 11) is 1.54. The van der Waals surface area contributed by atoms with Gasteiger partial charge in [-0.05, 0) is 12.1 Å². The van der Waals surface area contributed by atoms with Gasteiger partial charge in [0, 0.05) is 13.7 Å². The van der Waals surface area contributed by atoms with E-state index in [-0.39, 0.29) is 25.5 Å². The topological polar surface area (TPSA) is 75.8 Å². The number of methoxy groups -OCH3 is 1. The monoisotopic (exact) mass is 238 g/mol. The summed E-state index contributed by atoms with van der Waals surface area (Å²) < 4.78 is 4.87. The number of hydrogen-bond acceptors (Lipinski definition) is 4. The molecule has 0 aliphatic rings. The molecule has 1 aromatic rings. The number of nitrogen functional groups attached to an aromatic ring is 1. The van der Waals surface area contributed by atoms with Crippen LogP contribution in [-0.4, -0.2) is 37.9 Å². The Labute approximate surface area is 101 Å². The van der Waals surface area contributed by atoms with Crippen LogP contribution < -0.4 is 10.6 Å². The number of anilines is 2. The summed E-state index contributed by atoms with van der Waals surface area (Å²) in [5, 5.41) is 9.00. The van der Waals surface area contributed by atoms with Crippen molar-refractivity contribution in [3.05, 3.63) is 24.3 Å². The smallest absolute Gasteiger partial charge is 0.229 e. The van der Waals surface area contributed by atoms with E-state index in [0.717, 1.165) is 0 Å². The number of hydrogen-bond donors (Lipinski definition) is 2. The van der Waals surface area contributed by atoms with E-state index in [9.17, 15) is 4.79 Å². The zero-order valence-electron chi connectivity index (χ0n) is 9.93. The molecule has 0 atom stereocenters. The third-order valence-electron chi connectivity index (χ3n) is 2.37. The molecule has 17 heavy (non-hydrogen) atoms. The van der Waals surface area contributed by atoms with Crippen molar-refractivity contribution in [2.24, 2.45) is 0 Å². The van der Waals surface area contributed by atoms with E-state index in [0.29, 0.717) is 18.0 Å². The van der Waals surface area contributed by atoms with Gasteiger partial charge in [0.15, 0.2) is 0 Å². The van der Waals surface area contributed by atoms with Crippen molar-refractivity contribution < 1.29 is 14.6 Å². The molecule has 0 heterocycles. The third kappa shape index (κ3) is 3.72. The predicted octanol–water partition coefficient (Wildman–Crippen LogP) is 0.631. The molecule has 94 valence electrons. The molecule has 5 heteroatoms. The maximum absolute atomic E-state index is 11.9. The lowest BCUT2D eigenvalue weighted by Gasteiger charge is -2.23. The summed E-state index contributed by atoms with van der Waals surface area (Å²) in [6.07, 6.45) is 0.269. The lowest BCUT2D eigenvalue weighted by Crippen LogP contribution is -2.34. The van der Waals surface area contributed by atoms with Gasteiger partial charge in [0.25, 0.3) is 0 Å². The Hall–Kier alpha value is -1.59. The largest absolute Gasteiger partial charge is 0.397 e. The van der Waals surface area contributed by atoms with E-state index in [1.165, 1.54) is 4.90 Å². The number of rotatable bonds is 6. The van der Waals surface area contributed by atoms with Gasteiger partial charge in [-0.15, -0.1) is 0 Å². The number of aliphatic hydroxyl groups is 1. The Kier molecular flexibility index (Phi) is 5.45. The number of para-hydroxylation sites is 2. The van der Waals surface area contributed by atoms with Crippen LogP contribution >= 0.6 is 0 Å². The van der Waals surface area contributed by atoms with E-state index in [1.807, 2.05) is 0 Å². The molecular weight excluding hydrogens is 220 g/mol. The van der Waals surface area contributed by atoms with Gasteiger partial charge in [-0.3, -0.25) is 4.79 Å². The van der Waals surface area contributed by atoms with E-state index in [2.05, 4.69) is 0 Å². The van der Waals surface area contributed by atoms with Gasteiger partial charge in [-0.25, -0.2) is 0 Å². The van der Waals surface area contributed by atoms with Crippen LogP contribution in [0.2, 0.25) is 0 Å². The van der Waals surface area contributed by atoms with Crippen molar-refractivity contribution in [2.75, 3.05) is 37.5 Å². The Morgan fingerprint density at radius 3 is 2.76 bits per heavy atom. The van der Waals surface area contributed by atoms with Gasteiger partial charge in [-0.2, -0.15) is 0 Å². The summed E-state index contributed by atoms with van der Waals surface area (Å²) in [4.78, 5) is 13.4. The fraction of sp³-hybridized carbons (Fsp3) is 0.417. The van der Waals surface area contributed by atoms with Crippen molar-refractivity contribution >= 4 is 17.3 Å². The second-order valence-electron chi connectivity index (χ2n) is 3.57. The highest BCUT2D eigenvalue weighted by molar-refractivity contribution is 5.96. The second-order valence-corrected chi connectivity index (χ2v) is 3.57. The van der Waals surface area contributed by atoms with Crippen LogP contribution in [0.3, 0.4) is 0 Å².